The minimum atomic E-state index is -0.388. The molecule has 0 bridgehead atoms. The Kier molecular flexibility index (Phi) is 4.69. The van der Waals surface area contributed by atoms with E-state index >= 15 is 0 Å². The number of nitrogens with zero attached hydrogens (tertiary/aromatic N) is 1. The maximum absolute atomic E-state index is 11.6. The van der Waals surface area contributed by atoms with Crippen molar-refractivity contribution in [2.24, 2.45) is 0 Å². The van der Waals surface area contributed by atoms with Gasteiger partial charge in [-0.1, -0.05) is 27.7 Å². The number of halogens is 1. The molecule has 0 saturated heterocycles. The second-order valence-corrected chi connectivity index (χ2v) is 5.39. The largest absolute Gasteiger partial charge is 0.464 e. The third-order valence-electron chi connectivity index (χ3n) is 2.57. The minimum Gasteiger partial charge on any atom is -0.464 e. The summed E-state index contributed by atoms with van der Waals surface area (Å²) >= 11 is 3.57. The van der Waals surface area contributed by atoms with Gasteiger partial charge in [0.25, 0.3) is 0 Å². The van der Waals surface area contributed by atoms with Gasteiger partial charge in [0.15, 0.2) is 0 Å². The number of ether oxygens (including phenoxy) is 1. The summed E-state index contributed by atoms with van der Waals surface area (Å²) in [4.78, 5) is 15.9. The molecule has 0 aliphatic carbocycles. The van der Waals surface area contributed by atoms with Gasteiger partial charge in [0.2, 0.25) is 0 Å². The summed E-state index contributed by atoms with van der Waals surface area (Å²) in [6.45, 7) is 8.28. The highest BCUT2D eigenvalue weighted by molar-refractivity contribution is 9.10. The SMILES string of the molecule is COC(=O)c1cc(C(C)C)c(Br)c(C(C)C)n1. The predicted molar refractivity (Wildman–Crippen MR) is 71.5 cm³/mol. The molecule has 17 heavy (non-hydrogen) atoms. The standard InChI is InChI=1S/C13H18BrNO2/c1-7(2)9-6-10(13(16)17-5)15-12(8(3)4)11(9)14/h6-8H,1-5H3. The Morgan fingerprint density at radius 2 is 1.88 bits per heavy atom. The molecule has 0 fully saturated rings. The van der Waals surface area contributed by atoms with E-state index in [4.69, 9.17) is 4.74 Å². The van der Waals surface area contributed by atoms with E-state index in [1.165, 1.54) is 7.11 Å². The molecule has 0 unspecified atom stereocenters. The van der Waals surface area contributed by atoms with Crippen molar-refractivity contribution in [3.63, 3.8) is 0 Å². The van der Waals surface area contributed by atoms with Crippen molar-refractivity contribution in [2.45, 2.75) is 39.5 Å². The van der Waals surface area contributed by atoms with Crippen molar-refractivity contribution in [3.8, 4) is 0 Å². The van der Waals surface area contributed by atoms with Gasteiger partial charge >= 0.3 is 5.97 Å². The average Bonchev–Trinajstić information content (AvgIpc) is 2.27. The van der Waals surface area contributed by atoms with Gasteiger partial charge in [-0.25, -0.2) is 9.78 Å². The van der Waals surface area contributed by atoms with Crippen molar-refractivity contribution in [2.75, 3.05) is 7.11 Å². The van der Waals surface area contributed by atoms with E-state index in [-0.39, 0.29) is 11.9 Å². The lowest BCUT2D eigenvalue weighted by molar-refractivity contribution is 0.0593. The van der Waals surface area contributed by atoms with E-state index in [9.17, 15) is 4.79 Å². The highest BCUT2D eigenvalue weighted by Gasteiger charge is 2.18. The molecule has 0 spiro atoms. The molecule has 0 amide bonds. The number of methoxy groups -OCH3 is 1. The molecule has 1 heterocycles. The number of rotatable bonds is 3. The van der Waals surface area contributed by atoms with Crippen LogP contribution >= 0.6 is 15.9 Å². The first-order valence-electron chi connectivity index (χ1n) is 5.67. The predicted octanol–water partition coefficient (Wildman–Crippen LogP) is 3.88. The van der Waals surface area contributed by atoms with E-state index in [1.807, 2.05) is 0 Å². The third-order valence-corrected chi connectivity index (χ3v) is 3.44. The summed E-state index contributed by atoms with van der Waals surface area (Å²) in [5.41, 5.74) is 2.36. The molecule has 0 radical (unpaired) electrons. The summed E-state index contributed by atoms with van der Waals surface area (Å²) in [6, 6.07) is 1.80. The average molecular weight is 300 g/mol. The van der Waals surface area contributed by atoms with Gasteiger partial charge in [-0.2, -0.15) is 0 Å². The zero-order valence-corrected chi connectivity index (χ0v) is 12.5. The summed E-state index contributed by atoms with van der Waals surface area (Å²) in [5.74, 6) is 0.195. The topological polar surface area (TPSA) is 39.2 Å². The molecule has 0 aromatic carbocycles. The van der Waals surface area contributed by atoms with Crippen molar-refractivity contribution in [3.05, 3.63) is 27.5 Å². The molecule has 0 saturated carbocycles. The molecule has 0 atom stereocenters. The number of hydrogen-bond donors (Lipinski definition) is 0. The number of carbonyl (C=O) groups is 1. The zero-order valence-electron chi connectivity index (χ0n) is 10.9. The number of hydrogen-bond acceptors (Lipinski definition) is 3. The summed E-state index contributed by atoms with van der Waals surface area (Å²) < 4.78 is 5.72. The highest BCUT2D eigenvalue weighted by Crippen LogP contribution is 2.31. The molecule has 0 N–H and O–H groups in total. The Hall–Kier alpha value is -0.900. The number of aromatic nitrogens is 1. The van der Waals surface area contributed by atoms with Gasteiger partial charge in [0.1, 0.15) is 5.69 Å². The monoisotopic (exact) mass is 299 g/mol. The van der Waals surface area contributed by atoms with Crippen molar-refractivity contribution in [1.29, 1.82) is 0 Å². The second kappa shape index (κ2) is 5.63. The first-order chi connectivity index (χ1) is 7.88. The van der Waals surface area contributed by atoms with Gasteiger partial charge < -0.3 is 4.74 Å². The van der Waals surface area contributed by atoms with Gasteiger partial charge in [0.05, 0.1) is 12.8 Å². The van der Waals surface area contributed by atoms with Gasteiger partial charge in [0, 0.05) is 4.47 Å². The maximum Gasteiger partial charge on any atom is 0.356 e. The van der Waals surface area contributed by atoms with Gasteiger partial charge in [-0.05, 0) is 39.4 Å². The molecule has 4 heteroatoms. The van der Waals surface area contributed by atoms with Crippen LogP contribution in [-0.2, 0) is 4.74 Å². The van der Waals surface area contributed by atoms with E-state index in [2.05, 4.69) is 48.6 Å². The van der Waals surface area contributed by atoms with Crippen molar-refractivity contribution < 1.29 is 9.53 Å². The first-order valence-corrected chi connectivity index (χ1v) is 6.46. The second-order valence-electron chi connectivity index (χ2n) is 4.60. The van der Waals surface area contributed by atoms with Crippen LogP contribution in [0.5, 0.6) is 0 Å². The Morgan fingerprint density at radius 1 is 1.29 bits per heavy atom. The van der Waals surface area contributed by atoms with Gasteiger partial charge in [-0.15, -0.1) is 0 Å². The van der Waals surface area contributed by atoms with Crippen LogP contribution in [0.15, 0.2) is 10.5 Å². The quantitative estimate of drug-likeness (QED) is 0.795. The Balaban J connectivity index is 3.42. The maximum atomic E-state index is 11.6. The molecule has 0 aliphatic rings. The molecule has 0 aliphatic heterocycles. The van der Waals surface area contributed by atoms with E-state index in [0.29, 0.717) is 11.6 Å². The lowest BCUT2D eigenvalue weighted by atomic mass is 9.99. The number of pyridine rings is 1. The Morgan fingerprint density at radius 3 is 2.29 bits per heavy atom. The minimum absolute atomic E-state index is 0.256. The van der Waals surface area contributed by atoms with Crippen LogP contribution in [0.4, 0.5) is 0 Å². The van der Waals surface area contributed by atoms with E-state index in [1.54, 1.807) is 6.07 Å². The fraction of sp³-hybridized carbons (Fsp3) is 0.538. The summed E-state index contributed by atoms with van der Waals surface area (Å²) in [6.07, 6.45) is 0. The lowest BCUT2D eigenvalue weighted by Gasteiger charge is -2.16. The third kappa shape index (κ3) is 3.06. The molecular weight excluding hydrogens is 282 g/mol. The van der Waals surface area contributed by atoms with Crippen LogP contribution in [0.2, 0.25) is 0 Å². The fourth-order valence-electron chi connectivity index (χ4n) is 1.58. The molecule has 1 rings (SSSR count). The van der Waals surface area contributed by atoms with E-state index < -0.39 is 0 Å². The van der Waals surface area contributed by atoms with Crippen LogP contribution in [0.3, 0.4) is 0 Å². The van der Waals surface area contributed by atoms with Crippen molar-refractivity contribution >= 4 is 21.9 Å². The number of esters is 1. The molecule has 1 aromatic heterocycles. The smallest absolute Gasteiger partial charge is 0.356 e. The van der Waals surface area contributed by atoms with Gasteiger partial charge in [-0.3, -0.25) is 0 Å². The fourth-order valence-corrected chi connectivity index (χ4v) is 2.70. The van der Waals surface area contributed by atoms with Crippen LogP contribution in [-0.4, -0.2) is 18.1 Å². The summed E-state index contributed by atoms with van der Waals surface area (Å²) in [5, 5.41) is 0. The summed E-state index contributed by atoms with van der Waals surface area (Å²) in [7, 11) is 1.37. The molecule has 94 valence electrons. The van der Waals surface area contributed by atoms with Crippen molar-refractivity contribution in [1.82, 2.24) is 4.98 Å². The van der Waals surface area contributed by atoms with Crippen LogP contribution in [0.25, 0.3) is 0 Å². The molecular formula is C13H18BrNO2. The van der Waals surface area contributed by atoms with E-state index in [0.717, 1.165) is 15.7 Å². The van der Waals surface area contributed by atoms with Crippen LogP contribution in [0, 0.1) is 0 Å². The van der Waals surface area contributed by atoms with Crippen LogP contribution < -0.4 is 0 Å². The Labute approximate surface area is 111 Å². The highest BCUT2D eigenvalue weighted by atomic mass is 79.9. The lowest BCUT2D eigenvalue weighted by Crippen LogP contribution is -2.10. The zero-order chi connectivity index (χ0) is 13.2. The normalized spacial score (nSPS) is 11.1. The molecule has 3 nitrogen and oxygen atoms in total. The van der Waals surface area contributed by atoms with Crippen LogP contribution in [0.1, 0.15) is 61.3 Å². The first kappa shape index (κ1) is 14.2. The molecule has 1 aromatic rings. The Bertz CT molecular complexity index is 398. The number of carbonyl (C=O) groups excluding carboxylic acids is 1.